The molecule has 8 nitrogen and oxygen atoms in total. The Labute approximate surface area is 178 Å². The second-order valence-electron chi connectivity index (χ2n) is 9.00. The zero-order valence-electron chi connectivity index (χ0n) is 17.5. The molecule has 2 aliphatic carbocycles. The molecular weight excluding hydrogens is 410 g/mol. The minimum Gasteiger partial charge on any atom is -0.479 e. The first kappa shape index (κ1) is 22.6. The van der Waals surface area contributed by atoms with Crippen molar-refractivity contribution in [2.75, 3.05) is 13.1 Å². The average molecular weight is 440 g/mol. The number of carbonyl (C=O) groups is 2. The quantitative estimate of drug-likeness (QED) is 0.655. The SMILES string of the molecule is CC(C)(C)OC(=O)N1CCC(OC(C(=O)O)C2C=CC(C3CC3)=CC2=S(=O)=O)CC1. The molecule has 0 radical (unpaired) electrons. The van der Waals surface area contributed by atoms with Crippen molar-refractivity contribution < 1.29 is 32.6 Å². The van der Waals surface area contributed by atoms with E-state index in [1.54, 1.807) is 37.8 Å². The maximum Gasteiger partial charge on any atom is 0.410 e. The van der Waals surface area contributed by atoms with Gasteiger partial charge in [-0.25, -0.2) is 9.59 Å². The van der Waals surface area contributed by atoms with Crippen LogP contribution in [0.2, 0.25) is 0 Å². The van der Waals surface area contributed by atoms with Crippen molar-refractivity contribution in [3.05, 3.63) is 23.8 Å². The molecule has 30 heavy (non-hydrogen) atoms. The Balaban J connectivity index is 1.65. The molecule has 1 amide bonds. The van der Waals surface area contributed by atoms with Crippen molar-refractivity contribution in [3.8, 4) is 0 Å². The highest BCUT2D eigenvalue weighted by molar-refractivity contribution is 7.73. The number of hydrogen-bond acceptors (Lipinski definition) is 6. The molecule has 0 aromatic carbocycles. The third kappa shape index (κ3) is 5.72. The lowest BCUT2D eigenvalue weighted by atomic mass is 9.89. The van der Waals surface area contributed by atoms with E-state index in [4.69, 9.17) is 9.47 Å². The maximum absolute atomic E-state index is 12.2. The third-order valence-electron chi connectivity index (χ3n) is 5.38. The fourth-order valence-corrected chi connectivity index (χ4v) is 4.36. The van der Waals surface area contributed by atoms with Crippen LogP contribution in [0, 0.1) is 11.8 Å². The Kier molecular flexibility index (Phi) is 6.71. The van der Waals surface area contributed by atoms with E-state index in [0.29, 0.717) is 31.8 Å². The van der Waals surface area contributed by atoms with Gasteiger partial charge in [0.2, 0.25) is 10.3 Å². The lowest BCUT2D eigenvalue weighted by Gasteiger charge is -2.35. The van der Waals surface area contributed by atoms with Crippen molar-refractivity contribution in [2.24, 2.45) is 11.8 Å². The molecule has 1 N–H and O–H groups in total. The lowest BCUT2D eigenvalue weighted by molar-refractivity contribution is -0.157. The second-order valence-corrected chi connectivity index (χ2v) is 9.94. The first-order valence-electron chi connectivity index (χ1n) is 10.3. The summed E-state index contributed by atoms with van der Waals surface area (Å²) in [6.45, 7) is 6.18. The second kappa shape index (κ2) is 8.93. The van der Waals surface area contributed by atoms with Crippen molar-refractivity contribution in [2.45, 2.75) is 64.3 Å². The molecule has 3 rings (SSSR count). The number of nitrogens with zero attached hydrogens (tertiary/aromatic N) is 1. The number of rotatable bonds is 5. The minimum atomic E-state index is -2.53. The highest BCUT2D eigenvalue weighted by Gasteiger charge is 2.38. The summed E-state index contributed by atoms with van der Waals surface area (Å²) in [5.41, 5.74) is 0.347. The minimum absolute atomic E-state index is 0.0537. The number of carbonyl (C=O) groups excluding carboxylic acids is 1. The zero-order chi connectivity index (χ0) is 22.1. The van der Waals surface area contributed by atoms with Crippen LogP contribution < -0.4 is 0 Å². The van der Waals surface area contributed by atoms with Gasteiger partial charge in [-0.2, -0.15) is 8.42 Å². The lowest BCUT2D eigenvalue weighted by Crippen LogP contribution is -2.46. The molecule has 0 aromatic rings. The van der Waals surface area contributed by atoms with Gasteiger partial charge in [-0.15, -0.1) is 0 Å². The number of carboxylic acid groups (broad SMARTS) is 1. The molecule has 166 valence electrons. The molecular formula is C21H29NO7S. The Hall–Kier alpha value is -2.13. The number of carboxylic acids is 1. The average Bonchev–Trinajstić information content (AvgIpc) is 3.50. The van der Waals surface area contributed by atoms with E-state index < -0.39 is 40.0 Å². The molecule has 0 aromatic heterocycles. The number of likely N-dealkylation sites (tertiary alicyclic amines) is 1. The summed E-state index contributed by atoms with van der Waals surface area (Å²) in [4.78, 5) is 25.7. The molecule has 2 fully saturated rings. The normalized spacial score (nSPS) is 23.7. The van der Waals surface area contributed by atoms with Gasteiger partial charge in [0.25, 0.3) is 0 Å². The first-order chi connectivity index (χ1) is 14.0. The fourth-order valence-electron chi connectivity index (χ4n) is 3.70. The van der Waals surface area contributed by atoms with Crippen molar-refractivity contribution >= 4 is 27.2 Å². The number of hydrogen-bond donors (Lipinski definition) is 1. The van der Waals surface area contributed by atoms with Crippen LogP contribution in [0.25, 0.3) is 0 Å². The molecule has 3 aliphatic rings. The summed E-state index contributed by atoms with van der Waals surface area (Å²) in [6.07, 6.45) is 5.92. The Bertz CT molecular complexity index is 877. The van der Waals surface area contributed by atoms with E-state index in [1.165, 1.54) is 0 Å². The predicted octanol–water partition coefficient (Wildman–Crippen LogP) is 2.43. The van der Waals surface area contributed by atoms with Crippen molar-refractivity contribution in [3.63, 3.8) is 0 Å². The van der Waals surface area contributed by atoms with E-state index >= 15 is 0 Å². The van der Waals surface area contributed by atoms with Gasteiger partial charge in [-0.1, -0.05) is 12.2 Å². The molecule has 2 unspecified atom stereocenters. The number of allylic oxidation sites excluding steroid dienone is 3. The van der Waals surface area contributed by atoms with E-state index in [0.717, 1.165) is 18.4 Å². The van der Waals surface area contributed by atoms with Crippen LogP contribution >= 0.6 is 0 Å². The van der Waals surface area contributed by atoms with Crippen LogP contribution in [0.1, 0.15) is 46.5 Å². The summed E-state index contributed by atoms with van der Waals surface area (Å²) in [7, 11) is -2.53. The molecule has 0 bridgehead atoms. The van der Waals surface area contributed by atoms with Crippen LogP contribution in [0.4, 0.5) is 4.79 Å². The number of aliphatic carboxylic acids is 1. The Morgan fingerprint density at radius 2 is 1.80 bits per heavy atom. The van der Waals surface area contributed by atoms with Crippen LogP contribution in [0.15, 0.2) is 23.8 Å². The van der Waals surface area contributed by atoms with Gasteiger partial charge in [0.15, 0.2) is 6.10 Å². The smallest absolute Gasteiger partial charge is 0.410 e. The van der Waals surface area contributed by atoms with Crippen LogP contribution in [0.5, 0.6) is 0 Å². The van der Waals surface area contributed by atoms with Crippen LogP contribution in [0.3, 0.4) is 0 Å². The summed E-state index contributed by atoms with van der Waals surface area (Å²) < 4.78 is 34.8. The van der Waals surface area contributed by atoms with E-state index in [-0.39, 0.29) is 11.0 Å². The topological polar surface area (TPSA) is 110 Å². The highest BCUT2D eigenvalue weighted by Crippen LogP contribution is 2.39. The number of piperidine rings is 1. The molecule has 1 saturated heterocycles. The summed E-state index contributed by atoms with van der Waals surface area (Å²) in [5.74, 6) is -1.71. The zero-order valence-corrected chi connectivity index (χ0v) is 18.4. The molecule has 9 heteroatoms. The Morgan fingerprint density at radius 1 is 1.17 bits per heavy atom. The van der Waals surface area contributed by atoms with Crippen molar-refractivity contribution in [1.82, 2.24) is 4.90 Å². The highest BCUT2D eigenvalue weighted by atomic mass is 32.2. The van der Waals surface area contributed by atoms with Crippen LogP contribution in [-0.2, 0) is 24.6 Å². The van der Waals surface area contributed by atoms with Gasteiger partial charge in [0.1, 0.15) is 5.60 Å². The maximum atomic E-state index is 12.2. The van der Waals surface area contributed by atoms with Gasteiger partial charge in [0, 0.05) is 13.1 Å². The number of amides is 1. The molecule has 2 atom stereocenters. The first-order valence-corrected chi connectivity index (χ1v) is 11.3. The fraction of sp³-hybridized carbons (Fsp3) is 0.667. The van der Waals surface area contributed by atoms with Crippen LogP contribution in [-0.4, -0.2) is 66.2 Å². The van der Waals surface area contributed by atoms with Gasteiger partial charge in [-0.05, 0) is 64.0 Å². The van der Waals surface area contributed by atoms with Gasteiger partial charge in [0.05, 0.1) is 16.9 Å². The summed E-state index contributed by atoms with van der Waals surface area (Å²) in [5, 5.41) is 9.73. The monoisotopic (exact) mass is 439 g/mol. The third-order valence-corrected chi connectivity index (χ3v) is 6.15. The van der Waals surface area contributed by atoms with E-state index in [9.17, 15) is 23.1 Å². The Morgan fingerprint density at radius 3 is 2.30 bits per heavy atom. The van der Waals surface area contributed by atoms with E-state index in [1.807, 2.05) is 6.08 Å². The molecule has 1 aliphatic heterocycles. The summed E-state index contributed by atoms with van der Waals surface area (Å²) in [6, 6.07) is 0. The summed E-state index contributed by atoms with van der Waals surface area (Å²) >= 11 is 0. The standard InChI is InChI=1S/C21H29NO7S/c1-21(2,3)29-20(25)22-10-8-15(9-11-22)28-18(19(23)24)16-7-6-14(13-4-5-13)12-17(16)30(26)27/h6-7,12-13,15-16,18H,4-5,8-11H2,1-3H3,(H,23,24). The van der Waals surface area contributed by atoms with Crippen molar-refractivity contribution in [1.29, 1.82) is 0 Å². The van der Waals surface area contributed by atoms with Gasteiger partial charge < -0.3 is 19.5 Å². The molecule has 1 heterocycles. The predicted molar refractivity (Wildman–Crippen MR) is 111 cm³/mol. The largest absolute Gasteiger partial charge is 0.479 e. The molecule has 0 spiro atoms. The van der Waals surface area contributed by atoms with E-state index in [2.05, 4.69) is 0 Å². The van der Waals surface area contributed by atoms with Gasteiger partial charge >= 0.3 is 12.1 Å². The molecule has 1 saturated carbocycles. The van der Waals surface area contributed by atoms with Gasteiger partial charge in [-0.3, -0.25) is 0 Å². The number of ether oxygens (including phenoxy) is 2.